The standard InChI is InChI=1S/C18H18BrNS/c1-12(13-7-4-3-5-8-13)17(20-2)15-11-21-18-14(15)9-6-10-16(18)19/h3-12,17,20H,1-2H3. The molecule has 0 fully saturated rings. The van der Waals surface area contributed by atoms with E-state index in [-0.39, 0.29) is 0 Å². The summed E-state index contributed by atoms with van der Waals surface area (Å²) in [5.74, 6) is 0.424. The number of fused-ring (bicyclic) bond motifs is 1. The number of hydrogen-bond acceptors (Lipinski definition) is 2. The average molecular weight is 360 g/mol. The molecule has 0 aliphatic carbocycles. The SMILES string of the molecule is CNC(c1csc2c(Br)cccc12)C(C)c1ccccc1. The summed E-state index contributed by atoms with van der Waals surface area (Å²) in [6.45, 7) is 2.29. The monoisotopic (exact) mass is 359 g/mol. The van der Waals surface area contributed by atoms with Crippen molar-refractivity contribution in [1.82, 2.24) is 5.32 Å². The van der Waals surface area contributed by atoms with Crippen molar-refractivity contribution in [3.63, 3.8) is 0 Å². The fourth-order valence-electron chi connectivity index (χ4n) is 2.91. The van der Waals surface area contributed by atoms with Crippen molar-refractivity contribution in [2.75, 3.05) is 7.05 Å². The Labute approximate surface area is 138 Å². The molecule has 0 saturated carbocycles. The van der Waals surface area contributed by atoms with Crippen LogP contribution < -0.4 is 5.32 Å². The van der Waals surface area contributed by atoms with Crippen LogP contribution in [0.5, 0.6) is 0 Å². The van der Waals surface area contributed by atoms with Crippen molar-refractivity contribution < 1.29 is 0 Å². The van der Waals surface area contributed by atoms with Gasteiger partial charge in [0.15, 0.2) is 0 Å². The van der Waals surface area contributed by atoms with Crippen LogP contribution in [0.25, 0.3) is 10.1 Å². The van der Waals surface area contributed by atoms with Gasteiger partial charge in [0.25, 0.3) is 0 Å². The summed E-state index contributed by atoms with van der Waals surface area (Å²) in [6.07, 6.45) is 0. The topological polar surface area (TPSA) is 12.0 Å². The molecule has 2 aromatic carbocycles. The molecule has 3 aromatic rings. The van der Waals surface area contributed by atoms with Gasteiger partial charge in [0, 0.05) is 21.1 Å². The van der Waals surface area contributed by atoms with E-state index in [0.717, 1.165) is 0 Å². The van der Waals surface area contributed by atoms with Crippen LogP contribution in [-0.4, -0.2) is 7.05 Å². The molecule has 0 radical (unpaired) electrons. The van der Waals surface area contributed by atoms with E-state index in [9.17, 15) is 0 Å². The summed E-state index contributed by atoms with van der Waals surface area (Å²) in [6, 6.07) is 17.5. The highest BCUT2D eigenvalue weighted by atomic mass is 79.9. The lowest BCUT2D eigenvalue weighted by molar-refractivity contribution is 0.512. The smallest absolute Gasteiger partial charge is 0.0488 e. The number of halogens is 1. The molecule has 3 rings (SSSR count). The summed E-state index contributed by atoms with van der Waals surface area (Å²) < 4.78 is 2.51. The number of thiophene rings is 1. The van der Waals surface area contributed by atoms with E-state index in [2.05, 4.69) is 82.1 Å². The third-order valence-corrected chi connectivity index (χ3v) is 6.02. The van der Waals surface area contributed by atoms with Gasteiger partial charge in [-0.1, -0.05) is 49.4 Å². The largest absolute Gasteiger partial charge is 0.312 e. The number of nitrogens with one attached hydrogen (secondary N) is 1. The zero-order chi connectivity index (χ0) is 14.8. The zero-order valence-corrected chi connectivity index (χ0v) is 14.5. The second kappa shape index (κ2) is 6.30. The molecule has 21 heavy (non-hydrogen) atoms. The van der Waals surface area contributed by atoms with Gasteiger partial charge in [-0.2, -0.15) is 0 Å². The maximum absolute atomic E-state index is 3.65. The number of hydrogen-bond donors (Lipinski definition) is 1. The molecular formula is C18H18BrNS. The molecule has 1 heterocycles. The minimum atomic E-state index is 0.315. The second-order valence-corrected chi connectivity index (χ2v) is 7.01. The molecule has 1 N–H and O–H groups in total. The maximum atomic E-state index is 3.65. The maximum Gasteiger partial charge on any atom is 0.0488 e. The average Bonchev–Trinajstić information content (AvgIpc) is 2.94. The summed E-state index contributed by atoms with van der Waals surface area (Å²) in [5.41, 5.74) is 2.75. The highest BCUT2D eigenvalue weighted by molar-refractivity contribution is 9.10. The van der Waals surface area contributed by atoms with Crippen LogP contribution in [0.1, 0.15) is 30.0 Å². The summed E-state index contributed by atoms with van der Waals surface area (Å²) in [5, 5.41) is 7.14. The molecule has 0 bridgehead atoms. The van der Waals surface area contributed by atoms with Crippen molar-refractivity contribution in [3.05, 3.63) is 69.5 Å². The predicted molar refractivity (Wildman–Crippen MR) is 96.2 cm³/mol. The first kappa shape index (κ1) is 14.8. The number of likely N-dealkylation sites (N-methyl/N-ethyl adjacent to an activating group) is 1. The van der Waals surface area contributed by atoms with Crippen LogP contribution in [0.15, 0.2) is 58.4 Å². The molecule has 108 valence electrons. The molecule has 1 nitrogen and oxygen atoms in total. The minimum absolute atomic E-state index is 0.315. The van der Waals surface area contributed by atoms with E-state index in [1.54, 1.807) is 0 Å². The molecule has 0 saturated heterocycles. The number of benzene rings is 2. The molecular weight excluding hydrogens is 342 g/mol. The third kappa shape index (κ3) is 2.78. The van der Waals surface area contributed by atoms with Gasteiger partial charge in [0.2, 0.25) is 0 Å². The van der Waals surface area contributed by atoms with Crippen LogP contribution in [0.2, 0.25) is 0 Å². The Balaban J connectivity index is 2.05. The normalized spacial score (nSPS) is 14.2. The van der Waals surface area contributed by atoms with Gasteiger partial charge in [-0.05, 0) is 50.9 Å². The summed E-state index contributed by atoms with van der Waals surface area (Å²) in [4.78, 5) is 0. The van der Waals surface area contributed by atoms with Crippen LogP contribution in [-0.2, 0) is 0 Å². The Hall–Kier alpha value is -1.16. The molecule has 1 aromatic heterocycles. The van der Waals surface area contributed by atoms with Crippen molar-refractivity contribution in [3.8, 4) is 0 Å². The van der Waals surface area contributed by atoms with Gasteiger partial charge >= 0.3 is 0 Å². The van der Waals surface area contributed by atoms with Gasteiger partial charge in [-0.15, -0.1) is 11.3 Å². The van der Waals surface area contributed by atoms with E-state index in [1.165, 1.54) is 25.7 Å². The Kier molecular flexibility index (Phi) is 4.43. The summed E-state index contributed by atoms with van der Waals surface area (Å²) in [7, 11) is 2.05. The van der Waals surface area contributed by atoms with Crippen molar-refractivity contribution in [2.24, 2.45) is 0 Å². The quantitative estimate of drug-likeness (QED) is 0.627. The van der Waals surface area contributed by atoms with E-state index in [1.807, 2.05) is 18.4 Å². The lowest BCUT2D eigenvalue weighted by atomic mass is 9.88. The molecule has 0 amide bonds. The minimum Gasteiger partial charge on any atom is -0.312 e. The summed E-state index contributed by atoms with van der Waals surface area (Å²) >= 11 is 5.46. The first-order chi connectivity index (χ1) is 10.2. The van der Waals surface area contributed by atoms with Gasteiger partial charge < -0.3 is 5.32 Å². The third-order valence-electron chi connectivity index (χ3n) is 4.05. The lowest BCUT2D eigenvalue weighted by Crippen LogP contribution is -2.21. The fourth-order valence-corrected chi connectivity index (χ4v) is 4.57. The van der Waals surface area contributed by atoms with Gasteiger partial charge in [0.05, 0.1) is 0 Å². The van der Waals surface area contributed by atoms with Gasteiger partial charge in [0.1, 0.15) is 0 Å². The first-order valence-electron chi connectivity index (χ1n) is 7.10. The van der Waals surface area contributed by atoms with E-state index in [4.69, 9.17) is 0 Å². The van der Waals surface area contributed by atoms with Crippen LogP contribution in [0.3, 0.4) is 0 Å². The van der Waals surface area contributed by atoms with Crippen molar-refractivity contribution >= 4 is 37.4 Å². The van der Waals surface area contributed by atoms with Crippen LogP contribution in [0, 0.1) is 0 Å². The van der Waals surface area contributed by atoms with Gasteiger partial charge in [-0.25, -0.2) is 0 Å². The van der Waals surface area contributed by atoms with Gasteiger partial charge in [-0.3, -0.25) is 0 Å². The number of rotatable bonds is 4. The Morgan fingerprint density at radius 3 is 2.52 bits per heavy atom. The van der Waals surface area contributed by atoms with E-state index < -0.39 is 0 Å². The Morgan fingerprint density at radius 2 is 1.81 bits per heavy atom. The Morgan fingerprint density at radius 1 is 1.05 bits per heavy atom. The highest BCUT2D eigenvalue weighted by Gasteiger charge is 2.22. The molecule has 0 aliphatic heterocycles. The molecule has 0 aliphatic rings. The van der Waals surface area contributed by atoms with E-state index >= 15 is 0 Å². The highest BCUT2D eigenvalue weighted by Crippen LogP contribution is 2.39. The fraction of sp³-hybridized carbons (Fsp3) is 0.222. The molecule has 0 spiro atoms. The Bertz CT molecular complexity index is 735. The predicted octanol–water partition coefficient (Wildman–Crippen LogP) is 5.73. The van der Waals surface area contributed by atoms with Crippen LogP contribution in [0.4, 0.5) is 0 Å². The van der Waals surface area contributed by atoms with E-state index in [0.29, 0.717) is 12.0 Å². The zero-order valence-electron chi connectivity index (χ0n) is 12.1. The van der Waals surface area contributed by atoms with Crippen molar-refractivity contribution in [1.29, 1.82) is 0 Å². The lowest BCUT2D eigenvalue weighted by Gasteiger charge is -2.24. The molecule has 3 heteroatoms. The second-order valence-electron chi connectivity index (χ2n) is 5.27. The van der Waals surface area contributed by atoms with Crippen LogP contribution >= 0.6 is 27.3 Å². The first-order valence-corrected chi connectivity index (χ1v) is 8.77. The molecule has 2 atom stereocenters. The molecule has 2 unspecified atom stereocenters. The van der Waals surface area contributed by atoms with Crippen molar-refractivity contribution in [2.45, 2.75) is 18.9 Å².